The van der Waals surface area contributed by atoms with Gasteiger partial charge in [0.05, 0.1) is 34.4 Å². The molecule has 62 heavy (non-hydrogen) atoms. The van der Waals surface area contributed by atoms with Gasteiger partial charge in [0.15, 0.2) is 0 Å². The van der Waals surface area contributed by atoms with Crippen LogP contribution < -0.4 is 4.89 Å². The van der Waals surface area contributed by atoms with Crippen molar-refractivity contribution in [2.45, 2.75) is 232 Å². The highest BCUT2D eigenvalue weighted by atomic mass is 31.2. The largest absolute Gasteiger partial charge is 0.756 e. The molecule has 0 aromatic rings. The van der Waals surface area contributed by atoms with Crippen molar-refractivity contribution in [1.82, 2.24) is 0 Å². The Morgan fingerprint density at radius 1 is 0.516 bits per heavy atom. The molecule has 0 radical (unpaired) electrons. The summed E-state index contributed by atoms with van der Waals surface area (Å²) in [6, 6.07) is 0. The van der Waals surface area contributed by atoms with E-state index in [-0.39, 0.29) is 25.8 Å². The molecule has 0 aliphatic heterocycles. The molecule has 0 saturated carbocycles. The molecule has 0 aliphatic rings. The second-order valence-corrected chi connectivity index (χ2v) is 19.9. The maximum atomic E-state index is 12.8. The van der Waals surface area contributed by atoms with E-state index in [4.69, 9.17) is 18.5 Å². The molecule has 0 N–H and O–H groups in total. The first kappa shape index (κ1) is 60.5. The number of likely N-dealkylation sites (N-methyl/N-ethyl adjacent to an activating group) is 1. The smallest absolute Gasteiger partial charge is 0.306 e. The fourth-order valence-corrected chi connectivity index (χ4v) is 7.91. The van der Waals surface area contributed by atoms with E-state index in [0.29, 0.717) is 24.1 Å². The van der Waals surface area contributed by atoms with E-state index in [0.717, 1.165) is 57.8 Å². The first-order chi connectivity index (χ1) is 30.1. The summed E-state index contributed by atoms with van der Waals surface area (Å²) in [4.78, 5) is 25.2. The topological polar surface area (TPSA) is 94.1 Å². The van der Waals surface area contributed by atoms with Gasteiger partial charge < -0.3 is 27.9 Å². The van der Waals surface area contributed by atoms with Gasteiger partial charge in [-0.2, -0.15) is 0 Å². The number of ether oxygens (including phenoxy) is 2. The van der Waals surface area contributed by atoms with Crippen LogP contribution in [0.15, 0.2) is 48.6 Å². The van der Waals surface area contributed by atoms with Gasteiger partial charge >= 0.3 is 5.97 Å². The van der Waals surface area contributed by atoms with Crippen molar-refractivity contribution in [2.24, 2.45) is 0 Å². The molecule has 364 valence electrons. The number of nitrogens with zero attached hydrogens (tertiary/aromatic N) is 1. The molecule has 0 saturated heterocycles. The standard InChI is InChI=1S/C53H100NO7P/c1-6-8-10-12-14-16-18-20-22-23-24-25-26-27-28-29-30-31-32-34-36-38-40-42-44-46-53(55)61-52(51-60-62(56,57)59-49-47-54(3,4)5)50-58-48-45-43-41-39-37-35-33-21-19-17-15-13-11-9-7-2/h8,10,14,16,20,22,24-25,52H,6-7,9,11-13,15,17-19,21,23,26-51H2,1-5H3/b10-8-,16-14-,22-20-,25-24-. The highest BCUT2D eigenvalue weighted by Gasteiger charge is 2.20. The lowest BCUT2D eigenvalue weighted by Gasteiger charge is -2.28. The summed E-state index contributed by atoms with van der Waals surface area (Å²) >= 11 is 0. The number of phosphoric acid groups is 1. The van der Waals surface area contributed by atoms with Crippen LogP contribution in [0.25, 0.3) is 0 Å². The van der Waals surface area contributed by atoms with E-state index in [9.17, 15) is 14.3 Å². The highest BCUT2D eigenvalue weighted by molar-refractivity contribution is 7.45. The number of unbranched alkanes of at least 4 members (excludes halogenated alkanes) is 26. The van der Waals surface area contributed by atoms with Crippen molar-refractivity contribution in [3.8, 4) is 0 Å². The summed E-state index contributed by atoms with van der Waals surface area (Å²) in [6.45, 7) is 5.34. The van der Waals surface area contributed by atoms with Gasteiger partial charge in [-0.25, -0.2) is 0 Å². The third kappa shape index (κ3) is 49.5. The van der Waals surface area contributed by atoms with E-state index in [1.807, 2.05) is 21.1 Å². The molecule has 2 atom stereocenters. The number of hydrogen-bond acceptors (Lipinski definition) is 7. The van der Waals surface area contributed by atoms with E-state index in [1.165, 1.54) is 148 Å². The lowest BCUT2D eigenvalue weighted by molar-refractivity contribution is -0.870. The number of quaternary nitrogens is 1. The SMILES string of the molecule is CC/C=C\C/C=C\C/C=C\C/C=C\CCCCCCCCCCCCCCC(=O)OC(COCCCCCCCCCCCCCCCCC)COP(=O)([O-])OCC[N+](C)(C)C. The van der Waals surface area contributed by atoms with Crippen LogP contribution >= 0.6 is 7.82 Å². The van der Waals surface area contributed by atoms with Crippen molar-refractivity contribution in [2.75, 3.05) is 54.1 Å². The van der Waals surface area contributed by atoms with Crippen LogP contribution in [-0.4, -0.2) is 70.7 Å². The Labute approximate surface area is 384 Å². The number of rotatable bonds is 48. The zero-order valence-electron chi connectivity index (χ0n) is 41.3. The van der Waals surface area contributed by atoms with E-state index >= 15 is 0 Å². The number of carbonyl (C=O) groups excluding carboxylic acids is 1. The summed E-state index contributed by atoms with van der Waals surface area (Å²) in [5.74, 6) is -0.334. The Bertz CT molecular complexity index is 1130. The average molecular weight is 894 g/mol. The molecular weight excluding hydrogens is 794 g/mol. The minimum Gasteiger partial charge on any atom is -0.756 e. The highest BCUT2D eigenvalue weighted by Crippen LogP contribution is 2.38. The van der Waals surface area contributed by atoms with Crippen LogP contribution in [-0.2, 0) is 27.9 Å². The van der Waals surface area contributed by atoms with Crippen molar-refractivity contribution in [1.29, 1.82) is 0 Å². The lowest BCUT2D eigenvalue weighted by atomic mass is 10.0. The maximum absolute atomic E-state index is 12.8. The van der Waals surface area contributed by atoms with E-state index < -0.39 is 13.9 Å². The number of phosphoric ester groups is 1. The van der Waals surface area contributed by atoms with Gasteiger partial charge in [-0.05, 0) is 51.4 Å². The minimum absolute atomic E-state index is 0.0264. The quantitative estimate of drug-likeness (QED) is 0.0197. The maximum Gasteiger partial charge on any atom is 0.306 e. The number of carbonyl (C=O) groups is 1. The molecule has 0 aliphatic carbocycles. The zero-order valence-corrected chi connectivity index (χ0v) is 42.2. The number of hydrogen-bond donors (Lipinski definition) is 0. The summed E-state index contributed by atoms with van der Waals surface area (Å²) < 4.78 is 34.7. The van der Waals surface area contributed by atoms with Gasteiger partial charge in [-0.1, -0.05) is 217 Å². The third-order valence-electron chi connectivity index (χ3n) is 11.1. The predicted octanol–water partition coefficient (Wildman–Crippen LogP) is 15.3. The monoisotopic (exact) mass is 894 g/mol. The van der Waals surface area contributed by atoms with Crippen LogP contribution in [0.4, 0.5) is 0 Å². The molecular formula is C53H100NO7P. The van der Waals surface area contributed by atoms with E-state index in [2.05, 4.69) is 62.5 Å². The molecule has 0 fully saturated rings. The van der Waals surface area contributed by atoms with Crippen molar-refractivity contribution in [3.63, 3.8) is 0 Å². The fraction of sp³-hybridized carbons (Fsp3) is 0.830. The normalized spacial score (nSPS) is 14.0. The van der Waals surface area contributed by atoms with Gasteiger partial charge in [0.2, 0.25) is 0 Å². The molecule has 0 heterocycles. The molecule has 2 unspecified atom stereocenters. The van der Waals surface area contributed by atoms with Crippen molar-refractivity contribution >= 4 is 13.8 Å². The van der Waals surface area contributed by atoms with Gasteiger partial charge in [0.25, 0.3) is 7.82 Å². The first-order valence-corrected chi connectivity index (χ1v) is 27.3. The molecule has 0 aromatic heterocycles. The Kier molecular flexibility index (Phi) is 44.9. The van der Waals surface area contributed by atoms with Crippen LogP contribution in [0.2, 0.25) is 0 Å². The van der Waals surface area contributed by atoms with Gasteiger partial charge in [-0.15, -0.1) is 0 Å². The molecule has 0 aromatic carbocycles. The third-order valence-corrected chi connectivity index (χ3v) is 12.1. The second kappa shape index (κ2) is 46.0. The minimum atomic E-state index is -4.53. The molecule has 8 nitrogen and oxygen atoms in total. The summed E-state index contributed by atoms with van der Waals surface area (Å²) in [5.41, 5.74) is 0. The summed E-state index contributed by atoms with van der Waals surface area (Å²) in [7, 11) is 1.36. The summed E-state index contributed by atoms with van der Waals surface area (Å²) in [5, 5.41) is 0. The zero-order chi connectivity index (χ0) is 45.5. The van der Waals surface area contributed by atoms with E-state index in [1.54, 1.807) is 0 Å². The van der Waals surface area contributed by atoms with Crippen LogP contribution in [0.3, 0.4) is 0 Å². The molecule has 9 heteroatoms. The molecule has 0 spiro atoms. The van der Waals surface area contributed by atoms with Gasteiger partial charge in [0.1, 0.15) is 19.3 Å². The molecule has 0 rings (SSSR count). The lowest BCUT2D eigenvalue weighted by Crippen LogP contribution is -2.37. The average Bonchev–Trinajstić information content (AvgIpc) is 3.23. The van der Waals surface area contributed by atoms with Crippen molar-refractivity contribution < 1.29 is 37.3 Å². The summed E-state index contributed by atoms with van der Waals surface area (Å²) in [6.07, 6.45) is 57.0. The predicted molar refractivity (Wildman–Crippen MR) is 263 cm³/mol. The van der Waals surface area contributed by atoms with Crippen LogP contribution in [0.1, 0.15) is 226 Å². The van der Waals surface area contributed by atoms with Crippen LogP contribution in [0, 0.1) is 0 Å². The van der Waals surface area contributed by atoms with Gasteiger partial charge in [0, 0.05) is 13.0 Å². The van der Waals surface area contributed by atoms with Crippen LogP contribution in [0.5, 0.6) is 0 Å². The first-order valence-electron chi connectivity index (χ1n) is 25.9. The Hall–Kier alpha value is -1.54. The number of allylic oxidation sites excluding steroid dienone is 8. The Morgan fingerprint density at radius 3 is 1.40 bits per heavy atom. The Morgan fingerprint density at radius 2 is 0.935 bits per heavy atom. The Balaban J connectivity index is 4.09. The van der Waals surface area contributed by atoms with Gasteiger partial charge in [-0.3, -0.25) is 9.36 Å². The van der Waals surface area contributed by atoms with Crippen molar-refractivity contribution in [3.05, 3.63) is 48.6 Å². The number of esters is 1. The molecule has 0 amide bonds. The molecule has 0 bridgehead atoms. The second-order valence-electron chi connectivity index (χ2n) is 18.5. The fourth-order valence-electron chi connectivity index (χ4n) is 7.19.